The van der Waals surface area contributed by atoms with Crippen LogP contribution in [0.1, 0.15) is 37.3 Å². The highest BCUT2D eigenvalue weighted by Gasteiger charge is 2.05. The standard InChI is InChI=1S/C19H23NOS/c1-3-15(2)17-9-11-18(12-10-17)20-19(21)14-22-13-16-7-5-4-6-8-16/h4-12,15H,3,13-14H2,1-2H3,(H,20,21)/t15-/m1/s1. The zero-order chi connectivity index (χ0) is 15.8. The first-order valence-corrected chi connectivity index (χ1v) is 8.86. The number of hydrogen-bond acceptors (Lipinski definition) is 2. The lowest BCUT2D eigenvalue weighted by Gasteiger charge is -2.10. The van der Waals surface area contributed by atoms with E-state index in [4.69, 9.17) is 0 Å². The third-order valence-corrected chi connectivity index (χ3v) is 4.72. The number of anilines is 1. The molecule has 0 bridgehead atoms. The summed E-state index contributed by atoms with van der Waals surface area (Å²) in [7, 11) is 0. The van der Waals surface area contributed by atoms with Crippen LogP contribution < -0.4 is 5.32 Å². The Kier molecular flexibility index (Phi) is 6.53. The van der Waals surface area contributed by atoms with E-state index in [1.165, 1.54) is 11.1 Å². The fourth-order valence-electron chi connectivity index (χ4n) is 2.16. The van der Waals surface area contributed by atoms with E-state index in [2.05, 4.69) is 43.4 Å². The fraction of sp³-hybridized carbons (Fsp3) is 0.316. The molecule has 0 heterocycles. The van der Waals surface area contributed by atoms with Crippen LogP contribution in [0.2, 0.25) is 0 Å². The van der Waals surface area contributed by atoms with Crippen LogP contribution in [0.4, 0.5) is 5.69 Å². The van der Waals surface area contributed by atoms with E-state index in [0.717, 1.165) is 17.9 Å². The van der Waals surface area contributed by atoms with Crippen molar-refractivity contribution in [1.29, 1.82) is 0 Å². The Labute approximate surface area is 137 Å². The van der Waals surface area contributed by atoms with E-state index in [9.17, 15) is 4.79 Å². The first kappa shape index (κ1) is 16.6. The van der Waals surface area contributed by atoms with E-state index in [0.29, 0.717) is 11.7 Å². The molecule has 1 atom stereocenters. The molecule has 0 aliphatic heterocycles. The van der Waals surface area contributed by atoms with E-state index < -0.39 is 0 Å². The number of thioether (sulfide) groups is 1. The topological polar surface area (TPSA) is 29.1 Å². The van der Waals surface area contributed by atoms with Crippen LogP contribution in [-0.2, 0) is 10.5 Å². The summed E-state index contributed by atoms with van der Waals surface area (Å²) >= 11 is 1.63. The molecule has 0 fully saturated rings. The molecule has 1 amide bonds. The molecule has 2 aromatic carbocycles. The maximum absolute atomic E-state index is 11.9. The molecule has 0 saturated carbocycles. The predicted molar refractivity (Wildman–Crippen MR) is 96.4 cm³/mol. The minimum atomic E-state index is 0.0530. The highest BCUT2D eigenvalue weighted by Crippen LogP contribution is 2.20. The summed E-state index contributed by atoms with van der Waals surface area (Å²) in [4.78, 5) is 11.9. The van der Waals surface area contributed by atoms with Crippen LogP contribution in [0.3, 0.4) is 0 Å². The van der Waals surface area contributed by atoms with Gasteiger partial charge in [-0.25, -0.2) is 0 Å². The summed E-state index contributed by atoms with van der Waals surface area (Å²) in [5, 5.41) is 2.95. The second-order valence-electron chi connectivity index (χ2n) is 5.46. The van der Waals surface area contributed by atoms with Crippen molar-refractivity contribution < 1.29 is 4.79 Å². The average Bonchev–Trinajstić information content (AvgIpc) is 2.56. The molecule has 22 heavy (non-hydrogen) atoms. The molecule has 2 aromatic rings. The van der Waals surface area contributed by atoms with Crippen LogP contribution in [0.5, 0.6) is 0 Å². The van der Waals surface area contributed by atoms with Gasteiger partial charge in [0, 0.05) is 11.4 Å². The highest BCUT2D eigenvalue weighted by atomic mass is 32.2. The van der Waals surface area contributed by atoms with Gasteiger partial charge in [0.05, 0.1) is 5.75 Å². The minimum absolute atomic E-state index is 0.0530. The van der Waals surface area contributed by atoms with Crippen molar-refractivity contribution in [1.82, 2.24) is 0 Å². The lowest BCUT2D eigenvalue weighted by Crippen LogP contribution is -2.14. The monoisotopic (exact) mass is 313 g/mol. The average molecular weight is 313 g/mol. The van der Waals surface area contributed by atoms with Gasteiger partial charge in [0.25, 0.3) is 0 Å². The van der Waals surface area contributed by atoms with E-state index in [1.54, 1.807) is 11.8 Å². The Morgan fingerprint density at radius 2 is 1.77 bits per heavy atom. The van der Waals surface area contributed by atoms with Gasteiger partial charge in [-0.1, -0.05) is 56.3 Å². The summed E-state index contributed by atoms with van der Waals surface area (Å²) in [5.41, 5.74) is 3.44. The summed E-state index contributed by atoms with van der Waals surface area (Å²) in [6.07, 6.45) is 1.13. The van der Waals surface area contributed by atoms with E-state index in [1.807, 2.05) is 30.3 Å². The van der Waals surface area contributed by atoms with Gasteiger partial charge in [-0.2, -0.15) is 0 Å². The summed E-state index contributed by atoms with van der Waals surface area (Å²) < 4.78 is 0. The molecule has 0 spiro atoms. The second-order valence-corrected chi connectivity index (χ2v) is 6.44. The molecule has 0 radical (unpaired) electrons. The van der Waals surface area contributed by atoms with E-state index >= 15 is 0 Å². The molecule has 0 unspecified atom stereocenters. The number of carbonyl (C=O) groups excluding carboxylic acids is 1. The molecule has 0 aliphatic carbocycles. The van der Waals surface area contributed by atoms with Crippen LogP contribution in [-0.4, -0.2) is 11.7 Å². The minimum Gasteiger partial charge on any atom is -0.325 e. The van der Waals surface area contributed by atoms with Crippen molar-refractivity contribution in [3.05, 3.63) is 65.7 Å². The van der Waals surface area contributed by atoms with Gasteiger partial charge in [-0.15, -0.1) is 11.8 Å². The first-order valence-electron chi connectivity index (χ1n) is 7.70. The van der Waals surface area contributed by atoms with Gasteiger partial charge >= 0.3 is 0 Å². The Morgan fingerprint density at radius 1 is 1.09 bits per heavy atom. The SMILES string of the molecule is CC[C@@H](C)c1ccc(NC(=O)CSCc2ccccc2)cc1. The predicted octanol–water partition coefficient (Wildman–Crippen LogP) is 5.07. The zero-order valence-corrected chi connectivity index (χ0v) is 14.0. The third kappa shape index (κ3) is 5.23. The number of carbonyl (C=O) groups is 1. The summed E-state index contributed by atoms with van der Waals surface area (Å²) in [6, 6.07) is 18.4. The zero-order valence-electron chi connectivity index (χ0n) is 13.2. The lowest BCUT2D eigenvalue weighted by molar-refractivity contribution is -0.113. The maximum atomic E-state index is 11.9. The number of nitrogens with one attached hydrogen (secondary N) is 1. The van der Waals surface area contributed by atoms with Gasteiger partial charge in [0.1, 0.15) is 0 Å². The number of hydrogen-bond donors (Lipinski definition) is 1. The van der Waals surface area contributed by atoms with Crippen molar-refractivity contribution in [3.63, 3.8) is 0 Å². The number of amides is 1. The molecule has 116 valence electrons. The van der Waals surface area contributed by atoms with Gasteiger partial charge in [0.15, 0.2) is 0 Å². The Balaban J connectivity index is 1.77. The third-order valence-electron chi connectivity index (χ3n) is 3.72. The number of benzene rings is 2. The van der Waals surface area contributed by atoms with Crippen LogP contribution >= 0.6 is 11.8 Å². The lowest BCUT2D eigenvalue weighted by atomic mass is 9.99. The Bertz CT molecular complexity index is 580. The van der Waals surface area contributed by atoms with Gasteiger partial charge in [-0.3, -0.25) is 4.79 Å². The largest absolute Gasteiger partial charge is 0.325 e. The Hall–Kier alpha value is -1.74. The van der Waals surface area contributed by atoms with Crippen LogP contribution in [0.15, 0.2) is 54.6 Å². The second kappa shape index (κ2) is 8.64. The molecule has 3 heteroatoms. The molecule has 2 nitrogen and oxygen atoms in total. The molecular formula is C19H23NOS. The molecule has 0 aromatic heterocycles. The molecule has 2 rings (SSSR count). The molecule has 0 aliphatic rings. The number of rotatable bonds is 7. The fourth-order valence-corrected chi connectivity index (χ4v) is 2.95. The molecule has 0 saturated heterocycles. The summed E-state index contributed by atoms with van der Waals surface area (Å²) in [6.45, 7) is 4.40. The molecule has 1 N–H and O–H groups in total. The van der Waals surface area contributed by atoms with Gasteiger partial charge in [-0.05, 0) is 35.6 Å². The van der Waals surface area contributed by atoms with Gasteiger partial charge < -0.3 is 5.32 Å². The molecular weight excluding hydrogens is 290 g/mol. The Morgan fingerprint density at radius 3 is 2.41 bits per heavy atom. The first-order chi connectivity index (χ1) is 10.7. The van der Waals surface area contributed by atoms with Crippen molar-refractivity contribution in [2.45, 2.75) is 31.9 Å². The highest BCUT2D eigenvalue weighted by molar-refractivity contribution is 7.99. The van der Waals surface area contributed by atoms with Crippen molar-refractivity contribution in [2.24, 2.45) is 0 Å². The smallest absolute Gasteiger partial charge is 0.234 e. The van der Waals surface area contributed by atoms with Crippen molar-refractivity contribution in [3.8, 4) is 0 Å². The van der Waals surface area contributed by atoms with Gasteiger partial charge in [0.2, 0.25) is 5.91 Å². The maximum Gasteiger partial charge on any atom is 0.234 e. The van der Waals surface area contributed by atoms with Crippen molar-refractivity contribution in [2.75, 3.05) is 11.1 Å². The van der Waals surface area contributed by atoms with Crippen LogP contribution in [0.25, 0.3) is 0 Å². The van der Waals surface area contributed by atoms with E-state index in [-0.39, 0.29) is 5.91 Å². The van der Waals surface area contributed by atoms with Crippen LogP contribution in [0, 0.1) is 0 Å². The normalized spacial score (nSPS) is 11.9. The quantitative estimate of drug-likeness (QED) is 0.773. The van der Waals surface area contributed by atoms with Crippen molar-refractivity contribution >= 4 is 23.4 Å². The summed E-state index contributed by atoms with van der Waals surface area (Å²) in [5.74, 6) is 1.95.